The number of nitrogens with zero attached hydrogens (tertiary/aromatic N) is 1. The summed E-state index contributed by atoms with van der Waals surface area (Å²) in [6.07, 6.45) is -1.27. The van der Waals surface area contributed by atoms with Crippen LogP contribution in [0.1, 0.15) is 38.2 Å². The maximum absolute atomic E-state index is 13.3. The van der Waals surface area contributed by atoms with Gasteiger partial charge in [-0.1, -0.05) is 18.9 Å². The number of carbonyl (C=O) groups excluding carboxylic acids is 3. The van der Waals surface area contributed by atoms with E-state index in [1.165, 1.54) is 25.1 Å². The molecule has 0 spiro atoms. The zero-order valence-electron chi connectivity index (χ0n) is 20.0. The van der Waals surface area contributed by atoms with Gasteiger partial charge in [-0.3, -0.25) is 23.5 Å². The second kappa shape index (κ2) is 12.3. The molecule has 0 radical (unpaired) electrons. The van der Waals surface area contributed by atoms with Crippen LogP contribution in [0.25, 0.3) is 0 Å². The molecule has 12 heteroatoms. The minimum Gasteiger partial charge on any atom is -0.352 e. The lowest BCUT2D eigenvalue weighted by Crippen LogP contribution is -2.51. The van der Waals surface area contributed by atoms with E-state index in [9.17, 15) is 36.2 Å². The molecule has 1 aliphatic carbocycles. The average molecular weight is 542 g/mol. The Bertz CT molecular complexity index is 1150. The summed E-state index contributed by atoms with van der Waals surface area (Å²) in [6.45, 7) is 1.38. The van der Waals surface area contributed by atoms with E-state index in [0.29, 0.717) is 0 Å². The molecule has 0 bridgehead atoms. The highest BCUT2D eigenvalue weighted by atomic mass is 32.2. The molecule has 2 aromatic carbocycles. The molecule has 0 aliphatic heterocycles. The van der Waals surface area contributed by atoms with Gasteiger partial charge in [-0.25, -0.2) is 4.39 Å². The van der Waals surface area contributed by atoms with Crippen molar-refractivity contribution in [1.82, 2.24) is 5.32 Å². The van der Waals surface area contributed by atoms with Gasteiger partial charge >= 0.3 is 6.18 Å². The van der Waals surface area contributed by atoms with Crippen LogP contribution in [-0.4, -0.2) is 45.5 Å². The standard InChI is InChI=1S/C25H27F4N3O4S/c1-16(24(35)31-19-6-2-3-7-19)32(21-8-4-5-17(13-21)25(27,28)29)23(34)15-37(36)14-22(33)30-20-11-9-18(26)10-12-20/h4-5,8-13,16,19H,2-3,6-7,14-15H2,1H3,(H,30,33)(H,31,35)/t16-,37-/m1/s1. The zero-order valence-corrected chi connectivity index (χ0v) is 20.8. The summed E-state index contributed by atoms with van der Waals surface area (Å²) in [7, 11) is -2.04. The fraction of sp³-hybridized carbons (Fsp3) is 0.400. The van der Waals surface area contributed by atoms with Crippen molar-refractivity contribution in [3.05, 3.63) is 59.9 Å². The average Bonchev–Trinajstić information content (AvgIpc) is 3.33. The van der Waals surface area contributed by atoms with Crippen molar-refractivity contribution in [3.63, 3.8) is 0 Å². The van der Waals surface area contributed by atoms with Gasteiger partial charge < -0.3 is 10.6 Å². The van der Waals surface area contributed by atoms with Gasteiger partial charge in [0, 0.05) is 28.2 Å². The summed E-state index contributed by atoms with van der Waals surface area (Å²) in [5.74, 6) is -3.90. The topological polar surface area (TPSA) is 95.6 Å². The molecule has 7 nitrogen and oxygen atoms in total. The normalized spacial score (nSPS) is 15.6. The van der Waals surface area contributed by atoms with Crippen molar-refractivity contribution in [1.29, 1.82) is 0 Å². The molecule has 1 saturated carbocycles. The molecule has 2 N–H and O–H groups in total. The lowest BCUT2D eigenvalue weighted by atomic mass is 10.1. The summed E-state index contributed by atoms with van der Waals surface area (Å²) in [4.78, 5) is 39.2. The highest BCUT2D eigenvalue weighted by Crippen LogP contribution is 2.32. The fourth-order valence-corrected chi connectivity index (χ4v) is 4.94. The van der Waals surface area contributed by atoms with Gasteiger partial charge in [0.1, 0.15) is 23.4 Å². The van der Waals surface area contributed by atoms with Crippen molar-refractivity contribution in [2.24, 2.45) is 0 Å². The monoisotopic (exact) mass is 541 g/mol. The third kappa shape index (κ3) is 8.11. The first-order valence-corrected chi connectivity index (χ1v) is 13.1. The first-order valence-electron chi connectivity index (χ1n) is 11.6. The van der Waals surface area contributed by atoms with E-state index in [0.717, 1.165) is 60.9 Å². The smallest absolute Gasteiger partial charge is 0.352 e. The SMILES string of the molecule is C[C@H](C(=O)NC1CCCC1)N(C(=O)C[S@](=O)CC(=O)Nc1ccc(F)cc1)c1cccc(C(F)(F)F)c1. The summed E-state index contributed by atoms with van der Waals surface area (Å²) < 4.78 is 65.6. The Morgan fingerprint density at radius 1 is 1.05 bits per heavy atom. The number of halogens is 4. The van der Waals surface area contributed by atoms with Crippen molar-refractivity contribution < 1.29 is 36.2 Å². The van der Waals surface area contributed by atoms with E-state index in [2.05, 4.69) is 10.6 Å². The van der Waals surface area contributed by atoms with Gasteiger partial charge in [0.05, 0.1) is 5.56 Å². The van der Waals surface area contributed by atoms with Crippen LogP contribution in [0.5, 0.6) is 0 Å². The fourth-order valence-electron chi connectivity index (χ4n) is 4.06. The predicted molar refractivity (Wildman–Crippen MR) is 132 cm³/mol. The molecular formula is C25H27F4N3O4S. The number of hydrogen-bond acceptors (Lipinski definition) is 4. The van der Waals surface area contributed by atoms with Crippen molar-refractivity contribution in [2.45, 2.75) is 50.9 Å². The van der Waals surface area contributed by atoms with Crippen LogP contribution in [0.2, 0.25) is 0 Å². The predicted octanol–water partition coefficient (Wildman–Crippen LogP) is 4.01. The third-order valence-electron chi connectivity index (χ3n) is 5.89. The second-order valence-corrected chi connectivity index (χ2v) is 10.2. The Hall–Kier alpha value is -3.28. The third-order valence-corrected chi connectivity index (χ3v) is 7.05. The number of nitrogens with one attached hydrogen (secondary N) is 2. The molecule has 3 amide bonds. The van der Waals surface area contributed by atoms with Crippen LogP contribution in [0, 0.1) is 5.82 Å². The van der Waals surface area contributed by atoms with Gasteiger partial charge in [0.15, 0.2) is 0 Å². The van der Waals surface area contributed by atoms with Crippen molar-refractivity contribution in [3.8, 4) is 0 Å². The van der Waals surface area contributed by atoms with E-state index in [-0.39, 0.29) is 17.4 Å². The quantitative estimate of drug-likeness (QED) is 0.469. The number of benzene rings is 2. The summed E-state index contributed by atoms with van der Waals surface area (Å²) in [5, 5.41) is 5.25. The number of rotatable bonds is 9. The maximum atomic E-state index is 13.3. The first kappa shape index (κ1) is 28.3. The Morgan fingerprint density at radius 2 is 1.70 bits per heavy atom. The number of hydrogen-bond donors (Lipinski definition) is 2. The zero-order chi connectivity index (χ0) is 27.2. The first-order chi connectivity index (χ1) is 17.4. The summed E-state index contributed by atoms with van der Waals surface area (Å²) in [5.41, 5.74) is -0.926. The van der Waals surface area contributed by atoms with E-state index in [1.807, 2.05) is 0 Å². The van der Waals surface area contributed by atoms with E-state index in [4.69, 9.17) is 0 Å². The second-order valence-electron chi connectivity index (χ2n) is 8.76. The molecule has 3 rings (SSSR count). The van der Waals surface area contributed by atoms with Gasteiger partial charge in [0.25, 0.3) is 0 Å². The minimum absolute atomic E-state index is 0.0855. The van der Waals surface area contributed by atoms with Gasteiger partial charge in [0.2, 0.25) is 17.7 Å². The molecule has 0 unspecified atom stereocenters. The Labute approximate surface area is 214 Å². The van der Waals surface area contributed by atoms with Crippen LogP contribution in [0.15, 0.2) is 48.5 Å². The maximum Gasteiger partial charge on any atom is 0.416 e. The van der Waals surface area contributed by atoms with E-state index in [1.54, 1.807) is 0 Å². The van der Waals surface area contributed by atoms with Crippen molar-refractivity contribution >= 4 is 39.9 Å². The van der Waals surface area contributed by atoms with E-state index >= 15 is 0 Å². The minimum atomic E-state index is -4.68. The molecule has 0 heterocycles. The lowest BCUT2D eigenvalue weighted by Gasteiger charge is -2.30. The highest BCUT2D eigenvalue weighted by molar-refractivity contribution is 7.86. The molecule has 0 saturated heterocycles. The van der Waals surface area contributed by atoms with Gasteiger partial charge in [-0.05, 0) is 62.2 Å². The molecule has 0 aromatic heterocycles. The van der Waals surface area contributed by atoms with Crippen LogP contribution >= 0.6 is 0 Å². The molecule has 1 fully saturated rings. The molecule has 1 aliphatic rings. The summed E-state index contributed by atoms with van der Waals surface area (Å²) >= 11 is 0. The Balaban J connectivity index is 1.75. The Kier molecular flexibility index (Phi) is 9.41. The van der Waals surface area contributed by atoms with Crippen LogP contribution in [0.3, 0.4) is 0 Å². The number of anilines is 2. The van der Waals surface area contributed by atoms with Crippen LogP contribution < -0.4 is 15.5 Å². The molecule has 200 valence electrons. The van der Waals surface area contributed by atoms with E-state index < -0.39 is 63.6 Å². The van der Waals surface area contributed by atoms with Gasteiger partial charge in [-0.15, -0.1) is 0 Å². The lowest BCUT2D eigenvalue weighted by molar-refractivity contribution is -0.137. The summed E-state index contributed by atoms with van der Waals surface area (Å²) in [6, 6.07) is 7.56. The number of amides is 3. The van der Waals surface area contributed by atoms with Crippen LogP contribution in [-0.2, 0) is 31.4 Å². The highest BCUT2D eigenvalue weighted by Gasteiger charge is 2.34. The van der Waals surface area contributed by atoms with Gasteiger partial charge in [-0.2, -0.15) is 13.2 Å². The number of carbonyl (C=O) groups is 3. The van der Waals surface area contributed by atoms with Crippen molar-refractivity contribution in [2.75, 3.05) is 21.7 Å². The largest absolute Gasteiger partial charge is 0.416 e. The van der Waals surface area contributed by atoms with Crippen LogP contribution in [0.4, 0.5) is 28.9 Å². The molecule has 2 atom stereocenters. The molecular weight excluding hydrogens is 514 g/mol. The Morgan fingerprint density at radius 3 is 2.32 bits per heavy atom. The molecule has 37 heavy (non-hydrogen) atoms. The molecule has 2 aromatic rings. The number of alkyl halides is 3.